The van der Waals surface area contributed by atoms with Gasteiger partial charge < -0.3 is 25.4 Å². The fraction of sp³-hybridized carbons (Fsp3) is 0.500. The van der Waals surface area contributed by atoms with Crippen LogP contribution in [0.15, 0.2) is 55.1 Å². The quantitative estimate of drug-likeness (QED) is 0.327. The third kappa shape index (κ3) is 8.37. The number of phenolic OH excluding ortho intramolecular Hbond substituents is 1. The first-order valence-corrected chi connectivity index (χ1v) is 15.1. The molecule has 0 aromatic heterocycles. The van der Waals surface area contributed by atoms with Gasteiger partial charge in [0.25, 0.3) is 0 Å². The van der Waals surface area contributed by atoms with Crippen molar-refractivity contribution in [2.45, 2.75) is 102 Å². The molecule has 2 aromatic rings. The van der Waals surface area contributed by atoms with Gasteiger partial charge in [0.1, 0.15) is 23.4 Å². The van der Waals surface area contributed by atoms with Crippen molar-refractivity contribution in [1.82, 2.24) is 15.5 Å². The molecule has 8 heteroatoms. The number of carbonyl (C=O) groups is 3. The van der Waals surface area contributed by atoms with E-state index < -0.39 is 23.8 Å². The highest BCUT2D eigenvalue weighted by atomic mass is 16.6. The topological polar surface area (TPSA) is 108 Å². The zero-order chi connectivity index (χ0) is 30.4. The summed E-state index contributed by atoms with van der Waals surface area (Å²) < 4.78 is 5.52. The molecule has 2 fully saturated rings. The van der Waals surface area contributed by atoms with Crippen LogP contribution in [0.5, 0.6) is 5.75 Å². The fourth-order valence-electron chi connectivity index (χ4n) is 5.69. The van der Waals surface area contributed by atoms with Gasteiger partial charge in [0.15, 0.2) is 0 Å². The Bertz CT molecular complexity index is 1260. The minimum Gasteiger partial charge on any atom is -0.508 e. The fourth-order valence-corrected chi connectivity index (χ4v) is 5.69. The summed E-state index contributed by atoms with van der Waals surface area (Å²) in [5.41, 5.74) is 1.55. The van der Waals surface area contributed by atoms with Crippen LogP contribution in [0.4, 0.5) is 4.79 Å². The summed E-state index contributed by atoms with van der Waals surface area (Å²) in [5, 5.41) is 15.8. The molecule has 0 radical (unpaired) electrons. The average molecular weight is 576 g/mol. The molecule has 0 heterocycles. The molecule has 0 aliphatic heterocycles. The molecule has 0 saturated heterocycles. The van der Waals surface area contributed by atoms with Crippen molar-refractivity contribution in [3.8, 4) is 5.75 Å². The van der Waals surface area contributed by atoms with E-state index in [-0.39, 0.29) is 42.0 Å². The number of phenols is 1. The zero-order valence-electron chi connectivity index (χ0n) is 25.3. The smallest absolute Gasteiger partial charge is 0.408 e. The second kappa shape index (κ2) is 13.4. The Morgan fingerprint density at radius 1 is 1.10 bits per heavy atom. The zero-order valence-corrected chi connectivity index (χ0v) is 25.3. The molecule has 8 nitrogen and oxygen atoms in total. The SMILES string of the molecule is C=Cc1cccc(C(C(=O)NC2CCCCC2)N(C(=O)C(Cc2ccc(O)cc2)NC(=O)OC(C)(C)C)C2CC2C)c1. The highest BCUT2D eigenvalue weighted by Gasteiger charge is 2.48. The van der Waals surface area contributed by atoms with E-state index in [4.69, 9.17) is 4.74 Å². The molecule has 4 atom stereocenters. The molecule has 2 aliphatic carbocycles. The van der Waals surface area contributed by atoms with Gasteiger partial charge >= 0.3 is 6.09 Å². The average Bonchev–Trinajstić information content (AvgIpc) is 3.67. The predicted octanol–water partition coefficient (Wildman–Crippen LogP) is 5.90. The Balaban J connectivity index is 1.72. The van der Waals surface area contributed by atoms with Gasteiger partial charge in [-0.15, -0.1) is 0 Å². The Labute approximate surface area is 249 Å². The van der Waals surface area contributed by atoms with Crippen LogP contribution in [0.3, 0.4) is 0 Å². The lowest BCUT2D eigenvalue weighted by molar-refractivity contribution is -0.143. The van der Waals surface area contributed by atoms with Crippen molar-refractivity contribution in [2.75, 3.05) is 0 Å². The number of hydrogen-bond donors (Lipinski definition) is 3. The molecule has 226 valence electrons. The van der Waals surface area contributed by atoms with Crippen LogP contribution in [0.25, 0.3) is 6.08 Å². The minimum atomic E-state index is -0.996. The summed E-state index contributed by atoms with van der Waals surface area (Å²) in [4.78, 5) is 43.4. The van der Waals surface area contributed by atoms with Crippen LogP contribution in [0.2, 0.25) is 0 Å². The molecule has 2 aromatic carbocycles. The maximum absolute atomic E-state index is 14.6. The van der Waals surface area contributed by atoms with E-state index in [1.807, 2.05) is 24.3 Å². The first-order valence-electron chi connectivity index (χ1n) is 15.1. The second-order valence-corrected chi connectivity index (χ2v) is 12.7. The number of alkyl carbamates (subject to hydrolysis) is 1. The van der Waals surface area contributed by atoms with Gasteiger partial charge in [0, 0.05) is 18.5 Å². The largest absolute Gasteiger partial charge is 0.508 e. The number of rotatable bonds is 10. The molecular formula is C34H45N3O5. The van der Waals surface area contributed by atoms with Crippen LogP contribution < -0.4 is 10.6 Å². The summed E-state index contributed by atoms with van der Waals surface area (Å²) >= 11 is 0. The highest BCUT2D eigenvalue weighted by Crippen LogP contribution is 2.41. The standard InChI is InChI=1S/C34H45N3O5/c1-6-23-11-10-12-25(20-23)30(31(39)35-26-13-8-7-9-14-26)37(29-19-22(29)2)32(40)28(36-33(41)42-34(3,4)5)21-24-15-17-27(38)18-16-24/h6,10-12,15-18,20,22,26,28-30,38H,1,7-9,13-14,19,21H2,2-5H3,(H,35,39)(H,36,41). The van der Waals surface area contributed by atoms with Crippen LogP contribution in [0, 0.1) is 5.92 Å². The molecule has 0 spiro atoms. The number of aromatic hydroxyl groups is 1. The van der Waals surface area contributed by atoms with Crippen LogP contribution in [-0.2, 0) is 20.7 Å². The van der Waals surface area contributed by atoms with Gasteiger partial charge in [0.05, 0.1) is 0 Å². The van der Waals surface area contributed by atoms with Crippen molar-refractivity contribution in [3.63, 3.8) is 0 Å². The number of nitrogens with one attached hydrogen (secondary N) is 2. The third-order valence-electron chi connectivity index (χ3n) is 7.98. The molecule has 3 amide bonds. The van der Waals surface area contributed by atoms with Gasteiger partial charge in [-0.05, 0) is 80.8 Å². The molecule has 2 saturated carbocycles. The Morgan fingerprint density at radius 2 is 1.76 bits per heavy atom. The Morgan fingerprint density at radius 3 is 2.36 bits per heavy atom. The lowest BCUT2D eigenvalue weighted by atomic mass is 9.94. The summed E-state index contributed by atoms with van der Waals surface area (Å²) in [7, 11) is 0. The van der Waals surface area contributed by atoms with Gasteiger partial charge in [-0.2, -0.15) is 0 Å². The number of carbonyl (C=O) groups excluding carboxylic acids is 3. The van der Waals surface area contributed by atoms with Gasteiger partial charge in [-0.25, -0.2) is 4.79 Å². The summed E-state index contributed by atoms with van der Waals surface area (Å²) in [6.07, 6.45) is 7.08. The maximum atomic E-state index is 14.6. The molecular weight excluding hydrogens is 530 g/mol. The Hall–Kier alpha value is -3.81. The molecule has 42 heavy (non-hydrogen) atoms. The molecule has 0 bridgehead atoms. The van der Waals surface area contributed by atoms with Gasteiger partial charge in [0.2, 0.25) is 11.8 Å². The second-order valence-electron chi connectivity index (χ2n) is 12.7. The number of benzene rings is 2. The van der Waals surface area contributed by atoms with Crippen molar-refractivity contribution in [3.05, 3.63) is 71.8 Å². The van der Waals surface area contributed by atoms with Crippen molar-refractivity contribution in [1.29, 1.82) is 0 Å². The molecule has 3 N–H and O–H groups in total. The highest BCUT2D eigenvalue weighted by molar-refractivity contribution is 5.93. The number of amides is 3. The summed E-state index contributed by atoms with van der Waals surface area (Å²) in [5.74, 6) is -0.249. The number of ether oxygens (including phenoxy) is 1. The van der Waals surface area contributed by atoms with E-state index in [2.05, 4.69) is 24.1 Å². The summed E-state index contributed by atoms with van der Waals surface area (Å²) in [6, 6.07) is 12.1. The van der Waals surface area contributed by atoms with Crippen molar-refractivity contribution in [2.24, 2.45) is 5.92 Å². The van der Waals surface area contributed by atoms with E-state index in [0.29, 0.717) is 5.56 Å². The van der Waals surface area contributed by atoms with Crippen LogP contribution in [-0.4, -0.2) is 51.6 Å². The van der Waals surface area contributed by atoms with Gasteiger partial charge in [-0.1, -0.05) is 69.2 Å². The minimum absolute atomic E-state index is 0.0672. The lowest BCUT2D eigenvalue weighted by Crippen LogP contribution is -2.55. The molecule has 2 aliphatic rings. The van der Waals surface area contributed by atoms with Crippen molar-refractivity contribution < 1.29 is 24.2 Å². The van der Waals surface area contributed by atoms with Crippen molar-refractivity contribution >= 4 is 24.0 Å². The third-order valence-corrected chi connectivity index (χ3v) is 7.98. The number of nitrogens with zero attached hydrogens (tertiary/aromatic N) is 1. The van der Waals surface area contributed by atoms with Crippen LogP contribution >= 0.6 is 0 Å². The lowest BCUT2D eigenvalue weighted by Gasteiger charge is -2.36. The maximum Gasteiger partial charge on any atom is 0.408 e. The summed E-state index contributed by atoms with van der Waals surface area (Å²) in [6.45, 7) is 11.3. The van der Waals surface area contributed by atoms with E-state index in [0.717, 1.165) is 49.7 Å². The predicted molar refractivity (Wildman–Crippen MR) is 164 cm³/mol. The van der Waals surface area contributed by atoms with E-state index in [1.54, 1.807) is 56.0 Å². The first kappa shape index (κ1) is 31.1. The van der Waals surface area contributed by atoms with E-state index >= 15 is 0 Å². The Kier molecular flexibility index (Phi) is 9.97. The van der Waals surface area contributed by atoms with E-state index in [9.17, 15) is 19.5 Å². The monoisotopic (exact) mass is 575 g/mol. The molecule has 4 unspecified atom stereocenters. The number of hydrogen-bond acceptors (Lipinski definition) is 5. The molecule has 4 rings (SSSR count). The first-order chi connectivity index (χ1) is 19.9. The van der Waals surface area contributed by atoms with Crippen LogP contribution in [0.1, 0.15) is 89.0 Å². The normalized spacial score (nSPS) is 20.1. The van der Waals surface area contributed by atoms with E-state index in [1.165, 1.54) is 0 Å². The van der Waals surface area contributed by atoms with Gasteiger partial charge in [-0.3, -0.25) is 9.59 Å².